The Labute approximate surface area is 133 Å². The summed E-state index contributed by atoms with van der Waals surface area (Å²) in [7, 11) is 0. The molecule has 0 radical (unpaired) electrons. The Kier molecular flexibility index (Phi) is 4.41. The first-order valence-corrected chi connectivity index (χ1v) is 7.93. The van der Waals surface area contributed by atoms with Crippen LogP contribution in [-0.2, 0) is 6.54 Å². The zero-order valence-electron chi connectivity index (χ0n) is 11.9. The van der Waals surface area contributed by atoms with E-state index in [-0.39, 0.29) is 0 Å². The molecule has 0 saturated carbocycles. The smallest absolute Gasteiger partial charge is 0.0738 e. The van der Waals surface area contributed by atoms with Crippen LogP contribution in [0.5, 0.6) is 0 Å². The van der Waals surface area contributed by atoms with Crippen LogP contribution < -0.4 is 10.6 Å². The predicted octanol–water partition coefficient (Wildman–Crippen LogP) is 2.75. The van der Waals surface area contributed by atoms with Crippen molar-refractivity contribution in [3.8, 4) is 0 Å². The van der Waals surface area contributed by atoms with Crippen molar-refractivity contribution in [1.29, 1.82) is 0 Å². The Morgan fingerprint density at radius 1 is 1.10 bits per heavy atom. The quantitative estimate of drug-likeness (QED) is 0.928. The minimum absolute atomic E-state index is 0.761. The van der Waals surface area contributed by atoms with Gasteiger partial charge in [-0.05, 0) is 17.7 Å². The van der Waals surface area contributed by atoms with Gasteiger partial charge < -0.3 is 10.6 Å². The molecular formula is C16H19BrN4. The molecule has 0 bridgehead atoms. The van der Waals surface area contributed by atoms with Crippen LogP contribution in [0.4, 0.5) is 11.4 Å². The van der Waals surface area contributed by atoms with Gasteiger partial charge in [0.25, 0.3) is 0 Å². The van der Waals surface area contributed by atoms with Gasteiger partial charge in [-0.2, -0.15) is 0 Å². The first kappa shape index (κ1) is 14.4. The van der Waals surface area contributed by atoms with Crippen molar-refractivity contribution in [2.75, 3.05) is 36.8 Å². The van der Waals surface area contributed by atoms with Crippen LogP contribution >= 0.6 is 15.9 Å². The van der Waals surface area contributed by atoms with E-state index in [1.807, 2.05) is 6.07 Å². The van der Waals surface area contributed by atoms with Gasteiger partial charge in [0.1, 0.15) is 0 Å². The highest BCUT2D eigenvalue weighted by Gasteiger charge is 2.19. The first-order chi connectivity index (χ1) is 10.2. The fraction of sp³-hybridized carbons (Fsp3) is 0.312. The molecule has 2 N–H and O–H groups in total. The van der Waals surface area contributed by atoms with Crippen LogP contribution in [0.2, 0.25) is 0 Å². The summed E-state index contributed by atoms with van der Waals surface area (Å²) in [5.74, 6) is 0. The molecule has 2 aromatic rings. The van der Waals surface area contributed by atoms with E-state index in [2.05, 4.69) is 55.0 Å². The summed E-state index contributed by atoms with van der Waals surface area (Å²) in [6, 6.07) is 10.4. The van der Waals surface area contributed by atoms with Gasteiger partial charge in [-0.3, -0.25) is 9.88 Å². The number of rotatable bonds is 3. The molecule has 1 aromatic carbocycles. The number of halogens is 1. The van der Waals surface area contributed by atoms with Crippen LogP contribution in [0.25, 0.3) is 0 Å². The number of hydrogen-bond donors (Lipinski definition) is 1. The lowest BCUT2D eigenvalue weighted by Crippen LogP contribution is -2.46. The maximum absolute atomic E-state index is 6.01. The first-order valence-electron chi connectivity index (χ1n) is 7.14. The van der Waals surface area contributed by atoms with Gasteiger partial charge in [-0.15, -0.1) is 0 Å². The normalized spacial score (nSPS) is 16.1. The van der Waals surface area contributed by atoms with Gasteiger partial charge in [0.2, 0.25) is 0 Å². The Bertz CT molecular complexity index is 609. The van der Waals surface area contributed by atoms with Crippen LogP contribution in [0.3, 0.4) is 0 Å². The van der Waals surface area contributed by atoms with Crippen molar-refractivity contribution in [1.82, 2.24) is 9.88 Å². The number of benzene rings is 1. The van der Waals surface area contributed by atoms with E-state index >= 15 is 0 Å². The SMILES string of the molecule is Nc1cnccc1N1CCN(Cc2ccccc2Br)CC1. The van der Waals surface area contributed by atoms with Gasteiger partial charge in [0, 0.05) is 43.4 Å². The Hall–Kier alpha value is -1.59. The maximum atomic E-state index is 6.01. The molecule has 1 aliphatic rings. The van der Waals surface area contributed by atoms with Crippen molar-refractivity contribution in [2.45, 2.75) is 6.54 Å². The third kappa shape index (κ3) is 3.36. The average Bonchev–Trinajstić information content (AvgIpc) is 2.51. The highest BCUT2D eigenvalue weighted by Crippen LogP contribution is 2.24. The van der Waals surface area contributed by atoms with Gasteiger partial charge >= 0.3 is 0 Å². The summed E-state index contributed by atoms with van der Waals surface area (Å²) < 4.78 is 1.19. The molecule has 2 heterocycles. The summed E-state index contributed by atoms with van der Waals surface area (Å²) in [5, 5.41) is 0. The number of nitrogens with two attached hydrogens (primary N) is 1. The van der Waals surface area contributed by atoms with Crippen molar-refractivity contribution in [2.24, 2.45) is 0 Å². The molecule has 1 aliphatic heterocycles. The average molecular weight is 347 g/mol. The zero-order valence-corrected chi connectivity index (χ0v) is 13.5. The van der Waals surface area contributed by atoms with Gasteiger partial charge in [-0.1, -0.05) is 34.1 Å². The summed E-state index contributed by atoms with van der Waals surface area (Å²) in [6.45, 7) is 5.07. The van der Waals surface area contributed by atoms with Crippen LogP contribution in [0, 0.1) is 0 Å². The largest absolute Gasteiger partial charge is 0.396 e. The number of pyridine rings is 1. The minimum Gasteiger partial charge on any atom is -0.396 e. The third-order valence-electron chi connectivity index (χ3n) is 3.89. The summed E-state index contributed by atoms with van der Waals surface area (Å²) >= 11 is 3.62. The molecule has 3 rings (SSSR count). The predicted molar refractivity (Wildman–Crippen MR) is 90.3 cm³/mol. The number of aromatic nitrogens is 1. The standard InChI is InChI=1S/C16H19BrN4/c17-14-4-2-1-3-13(14)12-20-7-9-21(10-8-20)16-5-6-19-11-15(16)18/h1-6,11H,7-10,12,18H2. The van der Waals surface area contributed by atoms with E-state index in [1.165, 1.54) is 10.0 Å². The molecule has 21 heavy (non-hydrogen) atoms. The lowest BCUT2D eigenvalue weighted by molar-refractivity contribution is 0.249. The molecule has 5 heteroatoms. The van der Waals surface area contributed by atoms with Crippen molar-refractivity contribution < 1.29 is 0 Å². The number of hydrogen-bond acceptors (Lipinski definition) is 4. The van der Waals surface area contributed by atoms with Gasteiger partial charge in [-0.25, -0.2) is 0 Å². The van der Waals surface area contributed by atoms with Crippen LogP contribution in [0.15, 0.2) is 47.2 Å². The molecule has 1 aromatic heterocycles. The second-order valence-corrected chi connectivity index (χ2v) is 6.14. The van der Waals surface area contributed by atoms with E-state index < -0.39 is 0 Å². The zero-order chi connectivity index (χ0) is 14.7. The molecular weight excluding hydrogens is 328 g/mol. The number of nitrogens with zero attached hydrogens (tertiary/aromatic N) is 3. The van der Waals surface area contributed by atoms with Crippen molar-refractivity contribution in [3.05, 3.63) is 52.8 Å². The third-order valence-corrected chi connectivity index (χ3v) is 4.67. The lowest BCUT2D eigenvalue weighted by atomic mass is 10.2. The molecule has 1 fully saturated rings. The van der Waals surface area contributed by atoms with E-state index in [9.17, 15) is 0 Å². The summed E-state index contributed by atoms with van der Waals surface area (Å²) in [4.78, 5) is 8.87. The van der Waals surface area contributed by atoms with Crippen LogP contribution in [0.1, 0.15) is 5.56 Å². The molecule has 0 unspecified atom stereocenters. The molecule has 4 nitrogen and oxygen atoms in total. The molecule has 0 amide bonds. The fourth-order valence-electron chi connectivity index (χ4n) is 2.70. The molecule has 0 spiro atoms. The summed E-state index contributed by atoms with van der Waals surface area (Å²) in [6.07, 6.45) is 3.53. The number of nitrogen functional groups attached to an aromatic ring is 1. The molecule has 0 atom stereocenters. The van der Waals surface area contributed by atoms with E-state index in [0.29, 0.717) is 0 Å². The Morgan fingerprint density at radius 3 is 2.57 bits per heavy atom. The van der Waals surface area contributed by atoms with E-state index in [1.54, 1.807) is 12.4 Å². The van der Waals surface area contributed by atoms with E-state index in [4.69, 9.17) is 5.73 Å². The maximum Gasteiger partial charge on any atom is 0.0738 e. The second kappa shape index (κ2) is 6.45. The Balaban J connectivity index is 1.61. The molecule has 0 aliphatic carbocycles. The second-order valence-electron chi connectivity index (χ2n) is 5.29. The lowest BCUT2D eigenvalue weighted by Gasteiger charge is -2.36. The number of piperazine rings is 1. The highest BCUT2D eigenvalue weighted by molar-refractivity contribution is 9.10. The van der Waals surface area contributed by atoms with Crippen molar-refractivity contribution in [3.63, 3.8) is 0 Å². The number of anilines is 2. The van der Waals surface area contributed by atoms with Gasteiger partial charge in [0.05, 0.1) is 17.6 Å². The summed E-state index contributed by atoms with van der Waals surface area (Å²) in [5.41, 5.74) is 9.21. The molecule has 110 valence electrons. The minimum atomic E-state index is 0.761. The van der Waals surface area contributed by atoms with Crippen LogP contribution in [-0.4, -0.2) is 36.1 Å². The topological polar surface area (TPSA) is 45.4 Å². The fourth-order valence-corrected chi connectivity index (χ4v) is 3.11. The van der Waals surface area contributed by atoms with Crippen molar-refractivity contribution >= 4 is 27.3 Å². The highest BCUT2D eigenvalue weighted by atomic mass is 79.9. The molecule has 1 saturated heterocycles. The Morgan fingerprint density at radius 2 is 1.86 bits per heavy atom. The monoisotopic (exact) mass is 346 g/mol. The van der Waals surface area contributed by atoms with E-state index in [0.717, 1.165) is 44.1 Å². The van der Waals surface area contributed by atoms with Gasteiger partial charge in [0.15, 0.2) is 0 Å².